The first kappa shape index (κ1) is 14.0. The first-order valence-corrected chi connectivity index (χ1v) is 5.62. The highest BCUT2D eigenvalue weighted by Gasteiger charge is 2.14. The topological polar surface area (TPSA) is 77.2 Å². The van der Waals surface area contributed by atoms with Gasteiger partial charge in [0.05, 0.1) is 12.8 Å². The molecule has 18 heavy (non-hydrogen) atoms. The van der Waals surface area contributed by atoms with Crippen LogP contribution in [0.4, 0.5) is 0 Å². The second-order valence-corrected chi connectivity index (χ2v) is 3.89. The molecule has 6 heteroatoms. The average molecular weight is 248 g/mol. The molecule has 6 nitrogen and oxygen atoms in total. The highest BCUT2D eigenvalue weighted by atomic mass is 16.1. The van der Waals surface area contributed by atoms with Crippen molar-refractivity contribution >= 4 is 17.8 Å². The fraction of sp³-hybridized carbons (Fsp3) is 0.417. The molecule has 0 N–H and O–H groups in total. The second-order valence-electron chi connectivity index (χ2n) is 3.89. The van der Waals surface area contributed by atoms with E-state index in [0.29, 0.717) is 11.6 Å². The molecule has 1 aromatic heterocycles. The van der Waals surface area contributed by atoms with Crippen molar-refractivity contribution in [3.05, 3.63) is 23.8 Å². The number of hydrogen-bond donors (Lipinski definition) is 0. The lowest BCUT2D eigenvalue weighted by Gasteiger charge is -2.01. The van der Waals surface area contributed by atoms with E-state index in [-0.39, 0.29) is 24.4 Å². The van der Waals surface area contributed by atoms with Gasteiger partial charge in [-0.05, 0) is 26.8 Å². The Morgan fingerprint density at radius 3 is 2.06 bits per heavy atom. The summed E-state index contributed by atoms with van der Waals surface area (Å²) in [6, 6.07) is 0. The second kappa shape index (κ2) is 6.58. The monoisotopic (exact) mass is 248 g/mol. The van der Waals surface area contributed by atoms with Crippen LogP contribution in [0.1, 0.15) is 32.4 Å². The molecule has 0 aliphatic heterocycles. The maximum absolute atomic E-state index is 11.1. The number of aromatic nitrogens is 3. The summed E-state index contributed by atoms with van der Waals surface area (Å²) in [5, 5.41) is 11.9. The van der Waals surface area contributed by atoms with Crippen LogP contribution in [0.5, 0.6) is 0 Å². The van der Waals surface area contributed by atoms with Gasteiger partial charge in [-0.25, -0.2) is 4.68 Å². The van der Waals surface area contributed by atoms with E-state index < -0.39 is 0 Å². The Morgan fingerprint density at radius 2 is 1.67 bits per heavy atom. The van der Waals surface area contributed by atoms with Crippen LogP contribution in [-0.2, 0) is 22.4 Å². The molecule has 0 radical (unpaired) electrons. The van der Waals surface area contributed by atoms with Crippen LogP contribution < -0.4 is 0 Å². The normalized spacial score (nSPS) is 11.5. The minimum Gasteiger partial charge on any atom is -0.300 e. The molecular weight excluding hydrogens is 232 g/mol. The Balaban J connectivity index is 3.07. The summed E-state index contributed by atoms with van der Waals surface area (Å²) in [5.74, 6) is 0.831. The summed E-state index contributed by atoms with van der Waals surface area (Å²) in [6.07, 6.45) is 5.44. The number of allylic oxidation sites excluding steroid dienone is 2. The van der Waals surface area contributed by atoms with Crippen LogP contribution in [0, 0.1) is 0 Å². The summed E-state index contributed by atoms with van der Waals surface area (Å²) >= 11 is 0. The number of carbonyl (C=O) groups excluding carboxylic acids is 2. The van der Waals surface area contributed by atoms with Gasteiger partial charge in [0.2, 0.25) is 0 Å². The molecule has 0 fully saturated rings. The fourth-order valence-corrected chi connectivity index (χ4v) is 1.34. The van der Waals surface area contributed by atoms with Crippen molar-refractivity contribution in [2.45, 2.75) is 33.6 Å². The van der Waals surface area contributed by atoms with Gasteiger partial charge in [0.25, 0.3) is 0 Å². The van der Waals surface area contributed by atoms with Gasteiger partial charge in [-0.2, -0.15) is 5.10 Å². The standard InChI is InChI=1S/C12H16N4O2/c1-4-5-6-13-16-11(7-9(2)17)14-15-12(16)8-10(3)18/h4-6H,7-8H2,1-3H3/b5-4+,13-6+. The van der Waals surface area contributed by atoms with Gasteiger partial charge >= 0.3 is 0 Å². The van der Waals surface area contributed by atoms with E-state index in [1.807, 2.05) is 13.0 Å². The lowest BCUT2D eigenvalue weighted by molar-refractivity contribution is -0.117. The number of carbonyl (C=O) groups is 2. The number of Topliss-reactive ketones (excluding diaryl/α,β-unsaturated/α-hetero) is 2. The van der Waals surface area contributed by atoms with Crippen LogP contribution >= 0.6 is 0 Å². The predicted molar refractivity (Wildman–Crippen MR) is 67.5 cm³/mol. The molecule has 0 aliphatic rings. The van der Waals surface area contributed by atoms with Gasteiger partial charge in [-0.1, -0.05) is 6.08 Å². The maximum Gasteiger partial charge on any atom is 0.161 e. The third kappa shape index (κ3) is 4.04. The maximum atomic E-state index is 11.1. The average Bonchev–Trinajstić information content (AvgIpc) is 2.61. The van der Waals surface area contributed by atoms with Crippen LogP contribution in [0.15, 0.2) is 17.3 Å². The first-order valence-electron chi connectivity index (χ1n) is 5.62. The fourth-order valence-electron chi connectivity index (χ4n) is 1.34. The predicted octanol–water partition coefficient (Wildman–Crippen LogP) is 0.951. The van der Waals surface area contributed by atoms with Gasteiger partial charge in [0, 0.05) is 6.21 Å². The summed E-state index contributed by atoms with van der Waals surface area (Å²) in [4.78, 5) is 22.2. The minimum absolute atomic E-state index is 0.0285. The molecule has 0 saturated heterocycles. The van der Waals surface area contributed by atoms with Crippen LogP contribution in [0.2, 0.25) is 0 Å². The van der Waals surface area contributed by atoms with Crippen molar-refractivity contribution in [1.82, 2.24) is 14.9 Å². The SMILES string of the molecule is C/C=C/C=N/n1c(CC(C)=O)nnc1CC(C)=O. The lowest BCUT2D eigenvalue weighted by atomic mass is 10.3. The molecule has 96 valence electrons. The van der Waals surface area contributed by atoms with Gasteiger partial charge < -0.3 is 0 Å². The Labute approximate surface area is 105 Å². The number of nitrogens with zero attached hydrogens (tertiary/aromatic N) is 4. The first-order chi connectivity index (χ1) is 8.54. The molecule has 0 aromatic carbocycles. The van der Waals surface area contributed by atoms with Crippen molar-refractivity contribution < 1.29 is 9.59 Å². The molecular formula is C12H16N4O2. The van der Waals surface area contributed by atoms with Crippen molar-refractivity contribution in [3.8, 4) is 0 Å². The Kier molecular flexibility index (Phi) is 5.10. The van der Waals surface area contributed by atoms with Crippen molar-refractivity contribution in [2.24, 2.45) is 5.10 Å². The lowest BCUT2D eigenvalue weighted by Crippen LogP contribution is -2.09. The summed E-state index contributed by atoms with van der Waals surface area (Å²) in [5.41, 5.74) is 0. The molecule has 0 bridgehead atoms. The molecule has 0 spiro atoms. The number of hydrogen-bond acceptors (Lipinski definition) is 5. The number of rotatable bonds is 6. The molecule has 1 rings (SSSR count). The van der Waals surface area contributed by atoms with Gasteiger partial charge in [-0.3, -0.25) is 9.59 Å². The van der Waals surface area contributed by atoms with Crippen molar-refractivity contribution in [1.29, 1.82) is 0 Å². The van der Waals surface area contributed by atoms with Gasteiger partial charge in [0.15, 0.2) is 11.6 Å². The quantitative estimate of drug-likeness (QED) is 0.702. The van der Waals surface area contributed by atoms with E-state index in [4.69, 9.17) is 0 Å². The van der Waals surface area contributed by atoms with Crippen LogP contribution in [0.3, 0.4) is 0 Å². The summed E-state index contributed by atoms with van der Waals surface area (Å²) in [7, 11) is 0. The zero-order chi connectivity index (χ0) is 13.5. The smallest absolute Gasteiger partial charge is 0.161 e. The molecule has 1 heterocycles. The van der Waals surface area contributed by atoms with E-state index in [0.717, 1.165) is 0 Å². The van der Waals surface area contributed by atoms with E-state index in [1.165, 1.54) is 18.5 Å². The van der Waals surface area contributed by atoms with E-state index in [1.54, 1.807) is 12.3 Å². The third-order valence-corrected chi connectivity index (χ3v) is 2.04. The Morgan fingerprint density at radius 1 is 1.17 bits per heavy atom. The third-order valence-electron chi connectivity index (χ3n) is 2.04. The van der Waals surface area contributed by atoms with Crippen molar-refractivity contribution in [3.63, 3.8) is 0 Å². The molecule has 0 unspecified atom stereocenters. The highest BCUT2D eigenvalue weighted by molar-refractivity contribution is 5.78. The Bertz CT molecular complexity index is 467. The zero-order valence-corrected chi connectivity index (χ0v) is 10.8. The molecule has 0 aliphatic carbocycles. The van der Waals surface area contributed by atoms with Gasteiger partial charge in [0.1, 0.15) is 11.6 Å². The van der Waals surface area contributed by atoms with E-state index in [9.17, 15) is 9.59 Å². The molecule has 1 aromatic rings. The number of ketones is 2. The van der Waals surface area contributed by atoms with E-state index >= 15 is 0 Å². The molecule has 0 saturated carbocycles. The van der Waals surface area contributed by atoms with Crippen LogP contribution in [-0.4, -0.2) is 32.7 Å². The highest BCUT2D eigenvalue weighted by Crippen LogP contribution is 2.05. The van der Waals surface area contributed by atoms with E-state index in [2.05, 4.69) is 15.3 Å². The van der Waals surface area contributed by atoms with Crippen LogP contribution in [0.25, 0.3) is 0 Å². The molecule has 0 amide bonds. The molecule has 0 atom stereocenters. The minimum atomic E-state index is -0.0285. The summed E-state index contributed by atoms with van der Waals surface area (Å²) in [6.45, 7) is 4.81. The largest absolute Gasteiger partial charge is 0.300 e. The zero-order valence-electron chi connectivity index (χ0n) is 10.8. The summed E-state index contributed by atoms with van der Waals surface area (Å²) < 4.78 is 1.45. The van der Waals surface area contributed by atoms with Crippen molar-refractivity contribution in [2.75, 3.05) is 0 Å². The Hall–Kier alpha value is -2.11. The van der Waals surface area contributed by atoms with Gasteiger partial charge in [-0.15, -0.1) is 10.2 Å².